The first-order valence-corrected chi connectivity index (χ1v) is 5.68. The standard InChI is InChI=1S/C11H22N2O2/c1-4-11(12,5-2)8-15-9-6-7-13(3)10(9)14/h9H,4-8,12H2,1-3H3. The summed E-state index contributed by atoms with van der Waals surface area (Å²) in [6.07, 6.45) is 2.27. The monoisotopic (exact) mass is 214 g/mol. The zero-order chi connectivity index (χ0) is 11.5. The van der Waals surface area contributed by atoms with Gasteiger partial charge in [-0.25, -0.2) is 0 Å². The number of rotatable bonds is 5. The van der Waals surface area contributed by atoms with Gasteiger partial charge in [-0.3, -0.25) is 4.79 Å². The third-order valence-corrected chi connectivity index (χ3v) is 3.36. The van der Waals surface area contributed by atoms with Crippen molar-refractivity contribution in [2.75, 3.05) is 20.2 Å². The second-order valence-electron chi connectivity index (χ2n) is 4.42. The van der Waals surface area contributed by atoms with E-state index in [1.807, 2.05) is 0 Å². The zero-order valence-corrected chi connectivity index (χ0v) is 9.95. The van der Waals surface area contributed by atoms with Gasteiger partial charge in [-0.15, -0.1) is 0 Å². The van der Waals surface area contributed by atoms with Gasteiger partial charge < -0.3 is 15.4 Å². The average Bonchev–Trinajstić information content (AvgIpc) is 2.57. The number of hydrogen-bond donors (Lipinski definition) is 1. The van der Waals surface area contributed by atoms with Gasteiger partial charge in [-0.2, -0.15) is 0 Å². The highest BCUT2D eigenvalue weighted by atomic mass is 16.5. The average molecular weight is 214 g/mol. The fourth-order valence-corrected chi connectivity index (χ4v) is 1.67. The Morgan fingerprint density at radius 2 is 2.13 bits per heavy atom. The van der Waals surface area contributed by atoms with Gasteiger partial charge in [0.15, 0.2) is 0 Å². The Hall–Kier alpha value is -0.610. The van der Waals surface area contributed by atoms with Crippen LogP contribution < -0.4 is 5.73 Å². The molecule has 2 N–H and O–H groups in total. The molecular formula is C11H22N2O2. The molecule has 0 radical (unpaired) electrons. The van der Waals surface area contributed by atoms with Crippen LogP contribution in [0.3, 0.4) is 0 Å². The Balaban J connectivity index is 2.40. The molecule has 4 nitrogen and oxygen atoms in total. The number of carbonyl (C=O) groups excluding carboxylic acids is 1. The third-order valence-electron chi connectivity index (χ3n) is 3.36. The molecule has 0 bridgehead atoms. The van der Waals surface area contributed by atoms with E-state index >= 15 is 0 Å². The quantitative estimate of drug-likeness (QED) is 0.735. The van der Waals surface area contributed by atoms with Gasteiger partial charge in [0.1, 0.15) is 6.10 Å². The molecule has 0 saturated carbocycles. The van der Waals surface area contributed by atoms with Crippen molar-refractivity contribution in [2.24, 2.45) is 5.73 Å². The van der Waals surface area contributed by atoms with Crippen LogP contribution in [0.1, 0.15) is 33.1 Å². The highest BCUT2D eigenvalue weighted by Gasteiger charge is 2.32. The highest BCUT2D eigenvalue weighted by molar-refractivity contribution is 5.82. The van der Waals surface area contributed by atoms with Crippen molar-refractivity contribution in [3.8, 4) is 0 Å². The first kappa shape index (κ1) is 12.5. The minimum absolute atomic E-state index is 0.0876. The second kappa shape index (κ2) is 4.94. The van der Waals surface area contributed by atoms with Crippen molar-refractivity contribution in [1.29, 1.82) is 0 Å². The SMILES string of the molecule is CCC(N)(CC)COC1CCN(C)C1=O. The van der Waals surface area contributed by atoms with Gasteiger partial charge in [-0.1, -0.05) is 13.8 Å². The van der Waals surface area contributed by atoms with Crippen molar-refractivity contribution < 1.29 is 9.53 Å². The molecule has 1 heterocycles. The van der Waals surface area contributed by atoms with Gasteiger partial charge in [0.05, 0.1) is 6.61 Å². The molecule has 1 fully saturated rings. The smallest absolute Gasteiger partial charge is 0.251 e. The fraction of sp³-hybridized carbons (Fsp3) is 0.909. The number of amides is 1. The van der Waals surface area contributed by atoms with E-state index in [0.717, 1.165) is 25.8 Å². The summed E-state index contributed by atoms with van der Waals surface area (Å²) in [7, 11) is 1.81. The van der Waals surface area contributed by atoms with Gasteiger partial charge in [0.25, 0.3) is 5.91 Å². The lowest BCUT2D eigenvalue weighted by molar-refractivity contribution is -0.137. The van der Waals surface area contributed by atoms with Gasteiger partial charge in [0.2, 0.25) is 0 Å². The maximum atomic E-state index is 11.6. The lowest BCUT2D eigenvalue weighted by Gasteiger charge is -2.27. The summed E-state index contributed by atoms with van der Waals surface area (Å²) in [6.45, 7) is 5.37. The van der Waals surface area contributed by atoms with E-state index in [9.17, 15) is 4.79 Å². The summed E-state index contributed by atoms with van der Waals surface area (Å²) >= 11 is 0. The molecule has 0 aromatic heterocycles. The van der Waals surface area contributed by atoms with Gasteiger partial charge in [0, 0.05) is 25.6 Å². The van der Waals surface area contributed by atoms with Crippen molar-refractivity contribution in [3.05, 3.63) is 0 Å². The molecule has 0 aromatic rings. The van der Waals surface area contributed by atoms with Crippen LogP contribution in [0.4, 0.5) is 0 Å². The lowest BCUT2D eigenvalue weighted by Crippen LogP contribution is -2.45. The molecule has 0 spiro atoms. The molecule has 88 valence electrons. The topological polar surface area (TPSA) is 55.6 Å². The van der Waals surface area contributed by atoms with Crippen LogP contribution in [0.5, 0.6) is 0 Å². The summed E-state index contributed by atoms with van der Waals surface area (Å²) in [5.74, 6) is 0.0876. The van der Waals surface area contributed by atoms with Crippen molar-refractivity contribution in [1.82, 2.24) is 4.90 Å². The summed E-state index contributed by atoms with van der Waals surface area (Å²) in [4.78, 5) is 13.3. The zero-order valence-electron chi connectivity index (χ0n) is 9.95. The van der Waals surface area contributed by atoms with Crippen LogP contribution in [-0.2, 0) is 9.53 Å². The number of likely N-dealkylation sites (N-methyl/N-ethyl adjacent to an activating group) is 1. The Bertz CT molecular complexity index is 227. The van der Waals surface area contributed by atoms with E-state index in [-0.39, 0.29) is 17.6 Å². The van der Waals surface area contributed by atoms with E-state index in [0.29, 0.717) is 6.61 Å². The molecule has 1 amide bonds. The predicted octanol–water partition coefficient (Wildman–Crippen LogP) is 0.751. The van der Waals surface area contributed by atoms with Gasteiger partial charge >= 0.3 is 0 Å². The van der Waals surface area contributed by atoms with E-state index in [2.05, 4.69) is 13.8 Å². The van der Waals surface area contributed by atoms with E-state index in [4.69, 9.17) is 10.5 Å². The largest absolute Gasteiger partial charge is 0.366 e. The minimum Gasteiger partial charge on any atom is -0.366 e. The Labute approximate surface area is 91.8 Å². The first-order chi connectivity index (χ1) is 7.02. The summed E-state index contributed by atoms with van der Waals surface area (Å²) in [5, 5.41) is 0. The van der Waals surface area contributed by atoms with Gasteiger partial charge in [-0.05, 0) is 12.8 Å². The van der Waals surface area contributed by atoms with E-state index in [1.54, 1.807) is 11.9 Å². The Morgan fingerprint density at radius 3 is 2.53 bits per heavy atom. The minimum atomic E-state index is -0.276. The molecule has 1 saturated heterocycles. The van der Waals surface area contributed by atoms with Crippen LogP contribution in [0.2, 0.25) is 0 Å². The molecule has 0 aromatic carbocycles. The Morgan fingerprint density at radius 1 is 1.53 bits per heavy atom. The normalized spacial score (nSPS) is 22.5. The lowest BCUT2D eigenvalue weighted by atomic mass is 9.95. The molecule has 4 heteroatoms. The van der Waals surface area contributed by atoms with Crippen LogP contribution >= 0.6 is 0 Å². The summed E-state index contributed by atoms with van der Waals surface area (Å²) in [6, 6.07) is 0. The molecule has 1 unspecified atom stereocenters. The number of nitrogens with two attached hydrogens (primary N) is 1. The maximum Gasteiger partial charge on any atom is 0.251 e. The highest BCUT2D eigenvalue weighted by Crippen LogP contribution is 2.17. The molecule has 1 rings (SSSR count). The molecule has 1 atom stereocenters. The molecule has 0 aliphatic carbocycles. The summed E-state index contributed by atoms with van der Waals surface area (Å²) < 4.78 is 5.62. The second-order valence-corrected chi connectivity index (χ2v) is 4.42. The number of hydrogen-bond acceptors (Lipinski definition) is 3. The summed E-state index contributed by atoms with van der Waals surface area (Å²) in [5.41, 5.74) is 5.83. The number of carbonyl (C=O) groups is 1. The first-order valence-electron chi connectivity index (χ1n) is 5.68. The molecule has 1 aliphatic heterocycles. The number of likely N-dealkylation sites (tertiary alicyclic amines) is 1. The number of ether oxygens (including phenoxy) is 1. The maximum absolute atomic E-state index is 11.6. The van der Waals surface area contributed by atoms with Crippen molar-refractivity contribution in [3.63, 3.8) is 0 Å². The third kappa shape index (κ3) is 2.92. The molecular weight excluding hydrogens is 192 g/mol. The Kier molecular flexibility index (Phi) is 4.11. The van der Waals surface area contributed by atoms with Crippen molar-refractivity contribution >= 4 is 5.91 Å². The molecule has 15 heavy (non-hydrogen) atoms. The van der Waals surface area contributed by atoms with Crippen LogP contribution in [0.15, 0.2) is 0 Å². The predicted molar refractivity (Wildman–Crippen MR) is 59.5 cm³/mol. The van der Waals surface area contributed by atoms with E-state index in [1.165, 1.54) is 0 Å². The number of nitrogens with zero attached hydrogens (tertiary/aromatic N) is 1. The van der Waals surface area contributed by atoms with Crippen LogP contribution in [0, 0.1) is 0 Å². The van der Waals surface area contributed by atoms with Crippen LogP contribution in [0.25, 0.3) is 0 Å². The molecule has 1 aliphatic rings. The van der Waals surface area contributed by atoms with Crippen molar-refractivity contribution in [2.45, 2.75) is 44.8 Å². The fourth-order valence-electron chi connectivity index (χ4n) is 1.67. The van der Waals surface area contributed by atoms with E-state index < -0.39 is 0 Å². The van der Waals surface area contributed by atoms with Crippen LogP contribution in [-0.4, -0.2) is 42.6 Å².